The van der Waals surface area contributed by atoms with E-state index in [0.29, 0.717) is 19.4 Å². The molecule has 0 aliphatic carbocycles. The van der Waals surface area contributed by atoms with Crippen LogP contribution in [0.5, 0.6) is 0 Å². The van der Waals surface area contributed by atoms with E-state index < -0.39 is 12.1 Å². The number of hydrogen-bond acceptors (Lipinski definition) is 5. The fourth-order valence-corrected chi connectivity index (χ4v) is 10.1. The molecule has 0 saturated carbocycles. The van der Waals surface area contributed by atoms with Crippen LogP contribution in [-0.2, 0) is 14.3 Å². The lowest BCUT2D eigenvalue weighted by molar-refractivity contribution is -0.143. The molecule has 0 aromatic rings. The van der Waals surface area contributed by atoms with E-state index in [-0.39, 0.29) is 18.5 Å². The standard InChI is InChI=1S/C70H129NO5/c1-3-5-7-9-11-13-15-17-19-21-22-23-24-25-26-27-28-31-34-38-42-46-50-54-58-62-68(73)67(66-72)71-69(74)63-59-55-51-47-43-39-35-32-29-33-37-41-45-49-53-57-61-65-76-70(75)64-60-56-52-48-44-40-36-30-20-18-16-14-12-10-8-6-4-2/h12,14,18,20,29,33,41,45,58,62,67-68,72-73H,3-11,13,15-17,19,21-28,30-32,34-40,42-44,46-57,59-61,63-66H2,1-2H3,(H,71,74)/b14-12-,20-18-,33-29-,45-41-,62-58+. The van der Waals surface area contributed by atoms with Crippen LogP contribution in [0.3, 0.4) is 0 Å². The molecule has 0 aromatic heterocycles. The molecule has 0 saturated heterocycles. The van der Waals surface area contributed by atoms with Crippen molar-refractivity contribution < 1.29 is 24.5 Å². The zero-order valence-corrected chi connectivity index (χ0v) is 50.7. The van der Waals surface area contributed by atoms with Crippen LogP contribution in [-0.4, -0.2) is 47.4 Å². The monoisotopic (exact) mass is 1060 g/mol. The van der Waals surface area contributed by atoms with Crippen LogP contribution in [0.4, 0.5) is 0 Å². The normalized spacial score (nSPS) is 12.9. The molecule has 444 valence electrons. The summed E-state index contributed by atoms with van der Waals surface area (Å²) in [5.74, 6) is -0.106. The number of aliphatic hydroxyl groups is 2. The summed E-state index contributed by atoms with van der Waals surface area (Å²) in [7, 11) is 0. The van der Waals surface area contributed by atoms with Crippen molar-refractivity contribution in [2.45, 2.75) is 360 Å². The van der Waals surface area contributed by atoms with Gasteiger partial charge in [0.1, 0.15) is 0 Å². The summed E-state index contributed by atoms with van der Waals surface area (Å²) < 4.78 is 5.46. The van der Waals surface area contributed by atoms with E-state index in [4.69, 9.17) is 4.74 Å². The van der Waals surface area contributed by atoms with Gasteiger partial charge in [0.15, 0.2) is 0 Å². The lowest BCUT2D eigenvalue weighted by atomic mass is 10.0. The predicted octanol–water partition coefficient (Wildman–Crippen LogP) is 21.5. The second-order valence-corrected chi connectivity index (χ2v) is 22.8. The number of nitrogens with one attached hydrogen (secondary N) is 1. The van der Waals surface area contributed by atoms with Crippen molar-refractivity contribution in [2.24, 2.45) is 0 Å². The zero-order valence-electron chi connectivity index (χ0n) is 50.7. The Kier molecular flexibility index (Phi) is 63.0. The van der Waals surface area contributed by atoms with Gasteiger partial charge in [-0.2, -0.15) is 0 Å². The quantitative estimate of drug-likeness (QED) is 0.0320. The van der Waals surface area contributed by atoms with Crippen LogP contribution in [0.1, 0.15) is 348 Å². The van der Waals surface area contributed by atoms with E-state index >= 15 is 0 Å². The van der Waals surface area contributed by atoms with Gasteiger partial charge >= 0.3 is 5.97 Å². The molecule has 6 nitrogen and oxygen atoms in total. The first-order valence-corrected chi connectivity index (χ1v) is 33.6. The van der Waals surface area contributed by atoms with Gasteiger partial charge in [-0.05, 0) is 103 Å². The molecule has 3 N–H and O–H groups in total. The molecule has 76 heavy (non-hydrogen) atoms. The summed E-state index contributed by atoms with van der Waals surface area (Å²) in [6.45, 7) is 4.85. The van der Waals surface area contributed by atoms with Crippen LogP contribution in [0.25, 0.3) is 0 Å². The Morgan fingerprint density at radius 3 is 1.03 bits per heavy atom. The van der Waals surface area contributed by atoms with Crippen molar-refractivity contribution in [3.8, 4) is 0 Å². The molecular weight excluding hydrogens is 935 g/mol. The van der Waals surface area contributed by atoms with Crippen molar-refractivity contribution in [3.63, 3.8) is 0 Å². The number of amides is 1. The molecule has 0 bridgehead atoms. The number of allylic oxidation sites excluding steroid dienone is 9. The first-order valence-electron chi connectivity index (χ1n) is 33.6. The maximum absolute atomic E-state index is 12.5. The maximum atomic E-state index is 12.5. The average molecular weight is 1060 g/mol. The smallest absolute Gasteiger partial charge is 0.305 e. The van der Waals surface area contributed by atoms with E-state index in [9.17, 15) is 19.8 Å². The third-order valence-electron chi connectivity index (χ3n) is 15.3. The minimum Gasteiger partial charge on any atom is -0.466 e. The molecule has 0 rings (SSSR count). The summed E-state index contributed by atoms with van der Waals surface area (Å²) in [5.41, 5.74) is 0. The molecule has 0 heterocycles. The number of ether oxygens (including phenoxy) is 1. The van der Waals surface area contributed by atoms with Crippen molar-refractivity contribution in [2.75, 3.05) is 13.2 Å². The minimum atomic E-state index is -0.859. The molecule has 0 spiro atoms. The molecule has 2 unspecified atom stereocenters. The number of aliphatic hydroxyl groups excluding tert-OH is 2. The predicted molar refractivity (Wildman–Crippen MR) is 333 cm³/mol. The van der Waals surface area contributed by atoms with Crippen molar-refractivity contribution in [1.82, 2.24) is 5.32 Å². The highest BCUT2D eigenvalue weighted by atomic mass is 16.5. The van der Waals surface area contributed by atoms with E-state index in [2.05, 4.69) is 67.8 Å². The third-order valence-corrected chi connectivity index (χ3v) is 15.3. The average Bonchev–Trinajstić information content (AvgIpc) is 3.42. The van der Waals surface area contributed by atoms with Gasteiger partial charge in [0.25, 0.3) is 0 Å². The number of carbonyl (C=O) groups is 2. The lowest BCUT2D eigenvalue weighted by Gasteiger charge is -2.20. The summed E-state index contributed by atoms with van der Waals surface area (Å²) in [6, 6.07) is -0.643. The van der Waals surface area contributed by atoms with E-state index in [1.165, 1.54) is 231 Å². The van der Waals surface area contributed by atoms with Crippen molar-refractivity contribution in [3.05, 3.63) is 60.8 Å². The Hall–Kier alpha value is -2.44. The topological polar surface area (TPSA) is 95.9 Å². The fraction of sp³-hybridized carbons (Fsp3) is 0.829. The van der Waals surface area contributed by atoms with Crippen LogP contribution in [0.2, 0.25) is 0 Å². The van der Waals surface area contributed by atoms with E-state index in [1.807, 2.05) is 6.08 Å². The molecule has 0 fully saturated rings. The number of rotatable bonds is 62. The zero-order chi connectivity index (χ0) is 55.0. The largest absolute Gasteiger partial charge is 0.466 e. The molecular formula is C70H129NO5. The van der Waals surface area contributed by atoms with Gasteiger partial charge < -0.3 is 20.3 Å². The highest BCUT2D eigenvalue weighted by molar-refractivity contribution is 5.76. The Balaban J connectivity index is 3.52. The van der Waals surface area contributed by atoms with Crippen LogP contribution < -0.4 is 5.32 Å². The van der Waals surface area contributed by atoms with E-state index in [1.54, 1.807) is 6.08 Å². The SMILES string of the molecule is CCCCC/C=C\C/C=C\CCCCCCCCCC(=O)OCCCCC/C=C\C/C=C\CCCCCCCCCC(=O)NC(CO)C(O)/C=C/CCCCCCCCCCCCCCCCCCCCCCCCC. The van der Waals surface area contributed by atoms with Gasteiger partial charge in [-0.1, -0.05) is 293 Å². The number of carbonyl (C=O) groups excluding carboxylic acids is 2. The summed E-state index contributed by atoms with van der Waals surface area (Å²) in [4.78, 5) is 24.6. The molecule has 6 heteroatoms. The summed E-state index contributed by atoms with van der Waals surface area (Å²) >= 11 is 0. The van der Waals surface area contributed by atoms with Gasteiger partial charge in [0.05, 0.1) is 25.4 Å². The van der Waals surface area contributed by atoms with Gasteiger partial charge in [0.2, 0.25) is 5.91 Å². The van der Waals surface area contributed by atoms with Gasteiger partial charge in [0, 0.05) is 12.8 Å². The Morgan fingerprint density at radius 2 is 0.658 bits per heavy atom. The summed E-state index contributed by atoms with van der Waals surface area (Å²) in [6.07, 6.45) is 85.6. The van der Waals surface area contributed by atoms with Crippen LogP contribution >= 0.6 is 0 Å². The van der Waals surface area contributed by atoms with Gasteiger partial charge in [-0.3, -0.25) is 9.59 Å². The van der Waals surface area contributed by atoms with Crippen molar-refractivity contribution in [1.29, 1.82) is 0 Å². The Bertz CT molecular complexity index is 1320. The van der Waals surface area contributed by atoms with Crippen molar-refractivity contribution >= 4 is 11.9 Å². The van der Waals surface area contributed by atoms with Crippen LogP contribution in [0.15, 0.2) is 60.8 Å². The van der Waals surface area contributed by atoms with Crippen LogP contribution in [0, 0.1) is 0 Å². The molecule has 0 aliphatic rings. The summed E-state index contributed by atoms with van der Waals surface area (Å²) in [5, 5.41) is 23.2. The number of esters is 1. The molecule has 1 amide bonds. The Labute approximate surface area is 473 Å². The molecule has 0 aromatic carbocycles. The highest BCUT2D eigenvalue weighted by Gasteiger charge is 2.18. The minimum absolute atomic E-state index is 0.0241. The second kappa shape index (κ2) is 65.1. The first kappa shape index (κ1) is 73.6. The number of unbranched alkanes of at least 4 members (excludes halogenated alkanes) is 43. The van der Waals surface area contributed by atoms with E-state index in [0.717, 1.165) is 89.9 Å². The second-order valence-electron chi connectivity index (χ2n) is 22.8. The first-order chi connectivity index (χ1) is 37.5. The third kappa shape index (κ3) is 60.8. The Morgan fingerprint density at radius 1 is 0.368 bits per heavy atom. The maximum Gasteiger partial charge on any atom is 0.305 e. The molecule has 0 radical (unpaired) electrons. The highest BCUT2D eigenvalue weighted by Crippen LogP contribution is 2.17. The fourth-order valence-electron chi connectivity index (χ4n) is 10.1. The lowest BCUT2D eigenvalue weighted by Crippen LogP contribution is -2.45. The van der Waals surface area contributed by atoms with Gasteiger partial charge in [-0.15, -0.1) is 0 Å². The van der Waals surface area contributed by atoms with Gasteiger partial charge in [-0.25, -0.2) is 0 Å². The molecule has 2 atom stereocenters. The molecule has 0 aliphatic heterocycles. The number of hydrogen-bond donors (Lipinski definition) is 3.